The molecule has 0 heterocycles. The number of nitrogens with one attached hydrogen (secondary N) is 2. The summed E-state index contributed by atoms with van der Waals surface area (Å²) in [7, 11) is 0. The summed E-state index contributed by atoms with van der Waals surface area (Å²) < 4.78 is 12.9. The third kappa shape index (κ3) is 5.51. The van der Waals surface area contributed by atoms with Crippen molar-refractivity contribution in [1.82, 2.24) is 0 Å². The predicted octanol–water partition coefficient (Wildman–Crippen LogP) is 4.65. The van der Waals surface area contributed by atoms with Crippen LogP contribution in [-0.4, -0.2) is 11.8 Å². The number of hydrogen-bond donors (Lipinski definition) is 2. The second-order valence-corrected chi connectivity index (χ2v) is 6.08. The molecule has 5 heteroatoms. The number of carbonyl (C=O) groups excluding carboxylic acids is 2. The predicted molar refractivity (Wildman–Crippen MR) is 104 cm³/mol. The number of hydrogen-bond acceptors (Lipinski definition) is 2. The second kappa shape index (κ2) is 8.76. The highest BCUT2D eigenvalue weighted by molar-refractivity contribution is 6.05. The Bertz CT molecular complexity index is 925. The Balaban J connectivity index is 1.58. The van der Waals surface area contributed by atoms with E-state index in [1.807, 2.05) is 30.3 Å². The number of rotatable bonds is 6. The molecule has 136 valence electrons. The SMILES string of the molecule is O=C(CCc1ccccc1)Nc1cccc(C(=O)Nc2ccc(F)cc2)c1. The Hall–Kier alpha value is -3.47. The molecule has 0 aliphatic carbocycles. The van der Waals surface area contributed by atoms with Gasteiger partial charge in [0.15, 0.2) is 0 Å². The van der Waals surface area contributed by atoms with E-state index in [0.717, 1.165) is 5.56 Å². The van der Waals surface area contributed by atoms with E-state index in [4.69, 9.17) is 0 Å². The lowest BCUT2D eigenvalue weighted by Gasteiger charge is -2.09. The van der Waals surface area contributed by atoms with Crippen molar-refractivity contribution in [3.63, 3.8) is 0 Å². The van der Waals surface area contributed by atoms with Gasteiger partial charge < -0.3 is 10.6 Å². The maximum Gasteiger partial charge on any atom is 0.255 e. The molecule has 0 aliphatic heterocycles. The molecule has 2 N–H and O–H groups in total. The molecule has 3 aromatic carbocycles. The molecule has 3 rings (SSSR count). The molecule has 0 fully saturated rings. The summed E-state index contributed by atoms with van der Waals surface area (Å²) in [4.78, 5) is 24.5. The Labute approximate surface area is 157 Å². The van der Waals surface area contributed by atoms with E-state index in [1.165, 1.54) is 24.3 Å². The molecule has 0 aliphatic rings. The minimum absolute atomic E-state index is 0.116. The standard InChI is InChI=1S/C22H19FN2O2/c23-18-10-12-19(13-11-18)25-22(27)17-7-4-8-20(15-17)24-21(26)14-9-16-5-2-1-3-6-16/h1-8,10-13,15H,9,14H2,(H,24,26)(H,25,27). The van der Waals surface area contributed by atoms with E-state index < -0.39 is 0 Å². The summed E-state index contributed by atoms with van der Waals surface area (Å²) >= 11 is 0. The maximum absolute atomic E-state index is 12.9. The minimum Gasteiger partial charge on any atom is -0.326 e. The molecular formula is C22H19FN2O2. The van der Waals surface area contributed by atoms with E-state index in [2.05, 4.69) is 10.6 Å². The van der Waals surface area contributed by atoms with Crippen LogP contribution in [0.3, 0.4) is 0 Å². The first-order chi connectivity index (χ1) is 13.1. The summed E-state index contributed by atoms with van der Waals surface area (Å²) in [6.07, 6.45) is 1.01. The number of amides is 2. The number of halogens is 1. The lowest BCUT2D eigenvalue weighted by molar-refractivity contribution is -0.116. The molecule has 0 saturated heterocycles. The van der Waals surface area contributed by atoms with E-state index >= 15 is 0 Å². The number of aryl methyl sites for hydroxylation is 1. The molecule has 0 spiro atoms. The van der Waals surface area contributed by atoms with Gasteiger partial charge in [0.05, 0.1) is 0 Å². The van der Waals surface area contributed by atoms with Gasteiger partial charge in [-0.1, -0.05) is 36.4 Å². The van der Waals surface area contributed by atoms with Crippen molar-refractivity contribution in [2.45, 2.75) is 12.8 Å². The zero-order chi connectivity index (χ0) is 19.1. The van der Waals surface area contributed by atoms with Crippen LogP contribution in [-0.2, 0) is 11.2 Å². The molecule has 4 nitrogen and oxygen atoms in total. The van der Waals surface area contributed by atoms with Crippen molar-refractivity contribution >= 4 is 23.2 Å². The van der Waals surface area contributed by atoms with E-state index in [-0.39, 0.29) is 17.6 Å². The molecule has 27 heavy (non-hydrogen) atoms. The summed E-state index contributed by atoms with van der Waals surface area (Å²) in [5.74, 6) is -0.815. The summed E-state index contributed by atoms with van der Waals surface area (Å²) in [5.41, 5.74) is 2.55. The van der Waals surface area contributed by atoms with Gasteiger partial charge in [0.25, 0.3) is 5.91 Å². The zero-order valence-electron chi connectivity index (χ0n) is 14.6. The molecule has 0 aromatic heterocycles. The number of anilines is 2. The first-order valence-corrected chi connectivity index (χ1v) is 8.61. The molecule has 0 atom stereocenters. The average molecular weight is 362 g/mol. The monoisotopic (exact) mass is 362 g/mol. The highest BCUT2D eigenvalue weighted by Gasteiger charge is 2.09. The van der Waals surface area contributed by atoms with Crippen molar-refractivity contribution in [3.8, 4) is 0 Å². The van der Waals surface area contributed by atoms with Crippen LogP contribution in [0.4, 0.5) is 15.8 Å². The average Bonchev–Trinajstić information content (AvgIpc) is 2.69. The van der Waals surface area contributed by atoms with Gasteiger partial charge in [0.1, 0.15) is 5.82 Å². The van der Waals surface area contributed by atoms with Gasteiger partial charge in [0.2, 0.25) is 5.91 Å². The topological polar surface area (TPSA) is 58.2 Å². The van der Waals surface area contributed by atoms with Crippen LogP contribution in [0, 0.1) is 5.82 Å². The van der Waals surface area contributed by atoms with Gasteiger partial charge in [-0.05, 0) is 54.4 Å². The smallest absolute Gasteiger partial charge is 0.255 e. The van der Waals surface area contributed by atoms with Crippen LogP contribution in [0.5, 0.6) is 0 Å². The Kier molecular flexibility index (Phi) is 5.94. The van der Waals surface area contributed by atoms with Crippen molar-refractivity contribution < 1.29 is 14.0 Å². The van der Waals surface area contributed by atoms with Gasteiger partial charge in [-0.2, -0.15) is 0 Å². The summed E-state index contributed by atoms with van der Waals surface area (Å²) in [6, 6.07) is 22.0. The van der Waals surface area contributed by atoms with Crippen molar-refractivity contribution in [3.05, 3.63) is 95.8 Å². The normalized spacial score (nSPS) is 10.3. The van der Waals surface area contributed by atoms with Crippen LogP contribution in [0.1, 0.15) is 22.3 Å². The third-order valence-corrected chi connectivity index (χ3v) is 3.99. The highest BCUT2D eigenvalue weighted by atomic mass is 19.1. The van der Waals surface area contributed by atoms with E-state index in [0.29, 0.717) is 29.8 Å². The zero-order valence-corrected chi connectivity index (χ0v) is 14.6. The van der Waals surface area contributed by atoms with Gasteiger partial charge >= 0.3 is 0 Å². The lowest BCUT2D eigenvalue weighted by atomic mass is 10.1. The fourth-order valence-electron chi connectivity index (χ4n) is 2.60. The van der Waals surface area contributed by atoms with Crippen LogP contribution < -0.4 is 10.6 Å². The van der Waals surface area contributed by atoms with Crippen molar-refractivity contribution in [2.24, 2.45) is 0 Å². The largest absolute Gasteiger partial charge is 0.326 e. The molecule has 0 saturated carbocycles. The fraction of sp³-hybridized carbons (Fsp3) is 0.0909. The van der Waals surface area contributed by atoms with Crippen LogP contribution in [0.25, 0.3) is 0 Å². The summed E-state index contributed by atoms with van der Waals surface area (Å²) in [6.45, 7) is 0. The molecule has 0 bridgehead atoms. The Morgan fingerprint density at radius 2 is 1.52 bits per heavy atom. The van der Waals surface area contributed by atoms with Gasteiger partial charge in [0, 0.05) is 23.4 Å². The van der Waals surface area contributed by atoms with E-state index in [9.17, 15) is 14.0 Å². The molecular weight excluding hydrogens is 343 g/mol. The Morgan fingerprint density at radius 3 is 2.26 bits per heavy atom. The fourth-order valence-corrected chi connectivity index (χ4v) is 2.60. The maximum atomic E-state index is 12.9. The van der Waals surface area contributed by atoms with Crippen LogP contribution in [0.15, 0.2) is 78.9 Å². The highest BCUT2D eigenvalue weighted by Crippen LogP contribution is 2.15. The quantitative estimate of drug-likeness (QED) is 0.671. The number of benzene rings is 3. The third-order valence-electron chi connectivity index (χ3n) is 3.99. The van der Waals surface area contributed by atoms with Crippen molar-refractivity contribution in [1.29, 1.82) is 0 Å². The number of carbonyl (C=O) groups is 2. The van der Waals surface area contributed by atoms with Crippen LogP contribution in [0.2, 0.25) is 0 Å². The molecule has 2 amide bonds. The first kappa shape index (κ1) is 18.3. The Morgan fingerprint density at radius 1 is 0.778 bits per heavy atom. The van der Waals surface area contributed by atoms with Crippen LogP contribution >= 0.6 is 0 Å². The van der Waals surface area contributed by atoms with Gasteiger partial charge in [-0.15, -0.1) is 0 Å². The van der Waals surface area contributed by atoms with Crippen molar-refractivity contribution in [2.75, 3.05) is 10.6 Å². The minimum atomic E-state index is -0.367. The molecule has 3 aromatic rings. The van der Waals surface area contributed by atoms with Gasteiger partial charge in [-0.3, -0.25) is 9.59 Å². The molecule has 0 unspecified atom stereocenters. The molecule has 0 radical (unpaired) electrons. The first-order valence-electron chi connectivity index (χ1n) is 8.61. The summed E-state index contributed by atoms with van der Waals surface area (Å²) in [5, 5.41) is 5.50. The van der Waals surface area contributed by atoms with Gasteiger partial charge in [-0.25, -0.2) is 4.39 Å². The van der Waals surface area contributed by atoms with E-state index in [1.54, 1.807) is 24.3 Å². The lowest BCUT2D eigenvalue weighted by Crippen LogP contribution is -2.15. The second-order valence-electron chi connectivity index (χ2n) is 6.08.